The summed E-state index contributed by atoms with van der Waals surface area (Å²) in [6.45, 7) is 10.4. The van der Waals surface area contributed by atoms with Gasteiger partial charge in [-0.25, -0.2) is 0 Å². The van der Waals surface area contributed by atoms with E-state index < -0.39 is 0 Å². The minimum atomic E-state index is -0.288. The highest BCUT2D eigenvalue weighted by Crippen LogP contribution is 2.42. The number of nitrogens with two attached hydrogens (primary N) is 1. The zero-order valence-electron chi connectivity index (χ0n) is 14.3. The first-order valence-corrected chi connectivity index (χ1v) is 8.44. The predicted octanol–water partition coefficient (Wildman–Crippen LogP) is 2.85. The van der Waals surface area contributed by atoms with Crippen LogP contribution in [-0.4, -0.2) is 31.2 Å². The molecule has 4 heteroatoms. The third kappa shape index (κ3) is 5.95. The van der Waals surface area contributed by atoms with E-state index >= 15 is 0 Å². The van der Waals surface area contributed by atoms with Gasteiger partial charge in [-0.3, -0.25) is 4.79 Å². The second-order valence-electron chi connectivity index (χ2n) is 7.52. The van der Waals surface area contributed by atoms with E-state index in [2.05, 4.69) is 33.0 Å². The van der Waals surface area contributed by atoms with Crippen molar-refractivity contribution in [3.8, 4) is 0 Å². The Balaban J connectivity index is 2.39. The van der Waals surface area contributed by atoms with Crippen molar-refractivity contribution < 1.29 is 9.53 Å². The molecule has 4 nitrogen and oxygen atoms in total. The molecule has 1 aliphatic carbocycles. The first-order valence-electron chi connectivity index (χ1n) is 8.44. The summed E-state index contributed by atoms with van der Waals surface area (Å²) in [5.41, 5.74) is 6.00. The molecule has 1 fully saturated rings. The van der Waals surface area contributed by atoms with Crippen LogP contribution >= 0.6 is 0 Å². The van der Waals surface area contributed by atoms with Gasteiger partial charge in [-0.1, -0.05) is 34.1 Å². The lowest BCUT2D eigenvalue weighted by atomic mass is 9.68. The van der Waals surface area contributed by atoms with Crippen LogP contribution < -0.4 is 11.1 Å². The molecule has 0 saturated heterocycles. The molecule has 0 bridgehead atoms. The minimum absolute atomic E-state index is 0.0192. The fourth-order valence-corrected chi connectivity index (χ4v) is 3.09. The first-order chi connectivity index (χ1) is 9.83. The second kappa shape index (κ2) is 8.14. The van der Waals surface area contributed by atoms with Crippen LogP contribution in [0.3, 0.4) is 0 Å². The molecule has 1 rings (SSSR count). The number of hydrogen-bond donors (Lipinski definition) is 2. The van der Waals surface area contributed by atoms with Crippen molar-refractivity contribution in [1.29, 1.82) is 0 Å². The molecule has 0 spiro atoms. The number of amides is 1. The fraction of sp³-hybridized carbons (Fsp3) is 0.941. The van der Waals surface area contributed by atoms with E-state index in [-0.39, 0.29) is 18.1 Å². The van der Waals surface area contributed by atoms with Gasteiger partial charge in [0.2, 0.25) is 5.91 Å². The lowest BCUT2D eigenvalue weighted by Gasteiger charge is -2.43. The zero-order valence-corrected chi connectivity index (χ0v) is 14.3. The Morgan fingerprint density at radius 1 is 1.33 bits per heavy atom. The molecule has 0 aromatic carbocycles. The van der Waals surface area contributed by atoms with Crippen LogP contribution in [0.15, 0.2) is 0 Å². The molecule has 0 unspecified atom stereocenters. The van der Waals surface area contributed by atoms with Gasteiger partial charge in [0.1, 0.15) is 6.61 Å². The Hall–Kier alpha value is -0.610. The van der Waals surface area contributed by atoms with Crippen LogP contribution in [0.5, 0.6) is 0 Å². The Morgan fingerprint density at radius 2 is 1.95 bits per heavy atom. The average molecular weight is 298 g/mol. The molecule has 0 radical (unpaired) electrons. The van der Waals surface area contributed by atoms with Gasteiger partial charge in [0.05, 0.1) is 5.60 Å². The van der Waals surface area contributed by atoms with E-state index in [0.717, 1.165) is 51.0 Å². The Kier molecular flexibility index (Phi) is 7.14. The maximum absolute atomic E-state index is 11.8. The van der Waals surface area contributed by atoms with Gasteiger partial charge in [-0.15, -0.1) is 0 Å². The van der Waals surface area contributed by atoms with Crippen molar-refractivity contribution in [3.05, 3.63) is 0 Å². The summed E-state index contributed by atoms with van der Waals surface area (Å²) in [6.07, 6.45) is 6.31. The van der Waals surface area contributed by atoms with Crippen LogP contribution in [0.25, 0.3) is 0 Å². The van der Waals surface area contributed by atoms with Crippen LogP contribution in [0, 0.1) is 11.3 Å². The Bertz CT molecular complexity index is 315. The molecule has 0 heterocycles. The van der Waals surface area contributed by atoms with E-state index in [1.165, 1.54) is 0 Å². The van der Waals surface area contributed by atoms with Gasteiger partial charge in [0.25, 0.3) is 0 Å². The van der Waals surface area contributed by atoms with E-state index in [4.69, 9.17) is 10.5 Å². The van der Waals surface area contributed by atoms with Crippen molar-refractivity contribution in [3.63, 3.8) is 0 Å². The number of hydrogen-bond acceptors (Lipinski definition) is 3. The Morgan fingerprint density at radius 3 is 2.43 bits per heavy atom. The van der Waals surface area contributed by atoms with Crippen molar-refractivity contribution in [2.45, 2.75) is 71.8 Å². The van der Waals surface area contributed by atoms with Gasteiger partial charge in [0, 0.05) is 13.1 Å². The zero-order chi connectivity index (χ0) is 15.9. The van der Waals surface area contributed by atoms with Crippen molar-refractivity contribution >= 4 is 5.91 Å². The first kappa shape index (κ1) is 18.4. The monoisotopic (exact) mass is 298 g/mol. The number of carbonyl (C=O) groups excluding carboxylic acids is 1. The topological polar surface area (TPSA) is 64.3 Å². The largest absolute Gasteiger partial charge is 0.364 e. The molecule has 0 aromatic heterocycles. The SMILES string of the molecule is CCCCNC(=O)COC1(CN)CCC(C(C)(C)C)CC1. The number of ether oxygens (including phenoxy) is 1. The van der Waals surface area contributed by atoms with Crippen LogP contribution in [-0.2, 0) is 9.53 Å². The molecular weight excluding hydrogens is 264 g/mol. The van der Waals surface area contributed by atoms with Crippen molar-refractivity contribution in [2.75, 3.05) is 19.7 Å². The summed E-state index contributed by atoms with van der Waals surface area (Å²) in [5, 5.41) is 2.89. The minimum Gasteiger partial charge on any atom is -0.364 e. The van der Waals surface area contributed by atoms with E-state index in [1.54, 1.807) is 0 Å². The predicted molar refractivity (Wildman–Crippen MR) is 87.1 cm³/mol. The quantitative estimate of drug-likeness (QED) is 0.710. The molecule has 21 heavy (non-hydrogen) atoms. The molecule has 124 valence electrons. The van der Waals surface area contributed by atoms with Crippen LogP contribution in [0.2, 0.25) is 0 Å². The molecule has 0 aromatic rings. The van der Waals surface area contributed by atoms with Gasteiger partial charge in [-0.05, 0) is 43.4 Å². The fourth-order valence-electron chi connectivity index (χ4n) is 3.09. The summed E-state index contributed by atoms with van der Waals surface area (Å²) in [4.78, 5) is 11.8. The van der Waals surface area contributed by atoms with E-state index in [0.29, 0.717) is 12.0 Å². The summed E-state index contributed by atoms with van der Waals surface area (Å²) in [5.74, 6) is 0.702. The highest BCUT2D eigenvalue weighted by molar-refractivity contribution is 5.77. The average Bonchev–Trinajstić information content (AvgIpc) is 2.45. The maximum Gasteiger partial charge on any atom is 0.246 e. The summed E-state index contributed by atoms with van der Waals surface area (Å²) in [7, 11) is 0. The molecule has 1 saturated carbocycles. The smallest absolute Gasteiger partial charge is 0.246 e. The second-order valence-corrected chi connectivity index (χ2v) is 7.52. The van der Waals surface area contributed by atoms with Gasteiger partial charge in [-0.2, -0.15) is 0 Å². The normalized spacial score (nSPS) is 26.6. The van der Waals surface area contributed by atoms with Crippen molar-refractivity contribution in [1.82, 2.24) is 5.32 Å². The van der Waals surface area contributed by atoms with Crippen LogP contribution in [0.1, 0.15) is 66.2 Å². The van der Waals surface area contributed by atoms with Crippen molar-refractivity contribution in [2.24, 2.45) is 17.1 Å². The molecule has 0 atom stereocenters. The van der Waals surface area contributed by atoms with E-state index in [1.807, 2.05) is 0 Å². The Labute approximate surface area is 130 Å². The lowest BCUT2D eigenvalue weighted by molar-refractivity contribution is -0.137. The van der Waals surface area contributed by atoms with Gasteiger partial charge < -0.3 is 15.8 Å². The summed E-state index contributed by atoms with van der Waals surface area (Å²) < 4.78 is 5.94. The maximum atomic E-state index is 11.8. The number of carbonyl (C=O) groups is 1. The molecular formula is C17H34N2O2. The number of rotatable bonds is 7. The highest BCUT2D eigenvalue weighted by Gasteiger charge is 2.38. The lowest BCUT2D eigenvalue weighted by Crippen LogP contribution is -2.47. The van der Waals surface area contributed by atoms with Gasteiger partial charge >= 0.3 is 0 Å². The number of unbranched alkanes of at least 4 members (excludes halogenated alkanes) is 1. The summed E-state index contributed by atoms with van der Waals surface area (Å²) in [6, 6.07) is 0. The molecule has 3 N–H and O–H groups in total. The third-order valence-corrected chi connectivity index (χ3v) is 4.86. The third-order valence-electron chi connectivity index (χ3n) is 4.86. The molecule has 0 aliphatic heterocycles. The molecule has 1 aliphatic rings. The van der Waals surface area contributed by atoms with Gasteiger partial charge in [0.15, 0.2) is 0 Å². The van der Waals surface area contributed by atoms with E-state index in [9.17, 15) is 4.79 Å². The number of nitrogens with one attached hydrogen (secondary N) is 1. The molecule has 1 amide bonds. The van der Waals surface area contributed by atoms with Crippen LogP contribution in [0.4, 0.5) is 0 Å². The standard InChI is InChI=1S/C17H34N2O2/c1-5-6-11-19-15(20)12-21-17(13-18)9-7-14(8-10-17)16(2,3)4/h14H,5-13,18H2,1-4H3,(H,19,20). The summed E-state index contributed by atoms with van der Waals surface area (Å²) >= 11 is 0. The highest BCUT2D eigenvalue weighted by atomic mass is 16.5.